The number of para-hydroxylation sites is 1. The summed E-state index contributed by atoms with van der Waals surface area (Å²) in [4.78, 5) is 0. The van der Waals surface area contributed by atoms with E-state index < -0.39 is 5.60 Å². The molecule has 0 radical (unpaired) electrons. The molecule has 6 rings (SSSR count). The molecule has 0 spiro atoms. The van der Waals surface area contributed by atoms with Gasteiger partial charge in [0.05, 0.1) is 0 Å². The van der Waals surface area contributed by atoms with Gasteiger partial charge in [-0.3, -0.25) is 0 Å². The van der Waals surface area contributed by atoms with E-state index >= 15 is 0 Å². The molecule has 4 aromatic carbocycles. The van der Waals surface area contributed by atoms with Gasteiger partial charge in [0.2, 0.25) is 0 Å². The van der Waals surface area contributed by atoms with Crippen LogP contribution in [0, 0.1) is 0 Å². The maximum Gasteiger partial charge on any atom is 0.142 e. The van der Waals surface area contributed by atoms with Crippen LogP contribution in [0.15, 0.2) is 99.9 Å². The number of fused-ring (bicyclic) bond motifs is 4. The molecule has 2 nitrogen and oxygen atoms in total. The summed E-state index contributed by atoms with van der Waals surface area (Å²) in [7, 11) is 0. The molecule has 0 aliphatic heterocycles. The third kappa shape index (κ3) is 2.67. The number of rotatable bonds is 2. The van der Waals surface area contributed by atoms with Gasteiger partial charge in [0.15, 0.2) is 0 Å². The number of aliphatic hydroxyl groups is 1. The molecule has 150 valence electrons. The van der Waals surface area contributed by atoms with Gasteiger partial charge in [-0.2, -0.15) is 0 Å². The molecular weight excluding hydrogens is 472 g/mol. The van der Waals surface area contributed by atoms with E-state index in [9.17, 15) is 5.11 Å². The maximum atomic E-state index is 12.4. The van der Waals surface area contributed by atoms with Crippen molar-refractivity contribution < 1.29 is 9.52 Å². The Morgan fingerprint density at radius 2 is 1.52 bits per heavy atom. The highest BCUT2D eigenvalue weighted by Crippen LogP contribution is 2.55. The average molecular weight is 488 g/mol. The fourth-order valence-electron chi connectivity index (χ4n) is 4.70. The minimum absolute atomic E-state index is 0.559. The lowest BCUT2D eigenvalue weighted by atomic mass is 9.81. The van der Waals surface area contributed by atoms with E-state index in [-0.39, 0.29) is 0 Å². The first-order valence-electron chi connectivity index (χ1n) is 9.97. The normalized spacial score (nSPS) is 17.0. The van der Waals surface area contributed by atoms with Crippen molar-refractivity contribution in [2.75, 3.05) is 0 Å². The van der Waals surface area contributed by atoms with Gasteiger partial charge < -0.3 is 9.52 Å². The first-order chi connectivity index (χ1) is 15.1. The summed E-state index contributed by atoms with van der Waals surface area (Å²) in [5, 5.41) is 14.0. The van der Waals surface area contributed by atoms with Crippen LogP contribution in [0.25, 0.3) is 33.4 Å². The van der Waals surface area contributed by atoms with Crippen molar-refractivity contribution in [2.24, 2.45) is 0 Å². The van der Waals surface area contributed by atoms with Crippen LogP contribution in [0.1, 0.15) is 16.7 Å². The molecule has 1 atom stereocenters. The lowest BCUT2D eigenvalue weighted by Gasteiger charge is -2.28. The molecule has 1 aliphatic rings. The minimum Gasteiger partial charge on any atom is -0.456 e. The van der Waals surface area contributed by atoms with E-state index in [4.69, 9.17) is 16.0 Å². The summed E-state index contributed by atoms with van der Waals surface area (Å²) in [5.41, 5.74) is 4.60. The predicted molar refractivity (Wildman–Crippen MR) is 128 cm³/mol. The third-order valence-electron chi connectivity index (χ3n) is 6.05. The van der Waals surface area contributed by atoms with Crippen molar-refractivity contribution >= 4 is 38.5 Å². The summed E-state index contributed by atoms with van der Waals surface area (Å²) >= 11 is 10.1. The lowest BCUT2D eigenvalue weighted by molar-refractivity contribution is 0.131. The largest absolute Gasteiger partial charge is 0.456 e. The minimum atomic E-state index is -1.37. The van der Waals surface area contributed by atoms with Gasteiger partial charge in [0.1, 0.15) is 16.9 Å². The Morgan fingerprint density at radius 3 is 2.39 bits per heavy atom. The van der Waals surface area contributed by atoms with Crippen LogP contribution in [-0.2, 0) is 5.60 Å². The number of halogens is 2. The molecule has 0 fully saturated rings. The molecule has 0 saturated heterocycles. The van der Waals surface area contributed by atoms with Gasteiger partial charge in [-0.05, 0) is 42.0 Å². The number of hydrogen-bond acceptors (Lipinski definition) is 2. The lowest BCUT2D eigenvalue weighted by Crippen LogP contribution is -2.27. The van der Waals surface area contributed by atoms with Crippen LogP contribution < -0.4 is 0 Å². The van der Waals surface area contributed by atoms with E-state index in [1.165, 1.54) is 0 Å². The smallest absolute Gasteiger partial charge is 0.142 e. The van der Waals surface area contributed by atoms with Crippen molar-refractivity contribution in [3.8, 4) is 22.5 Å². The van der Waals surface area contributed by atoms with E-state index in [1.807, 2.05) is 91.0 Å². The van der Waals surface area contributed by atoms with E-state index in [2.05, 4.69) is 15.9 Å². The Bertz CT molecular complexity index is 1450. The molecule has 31 heavy (non-hydrogen) atoms. The van der Waals surface area contributed by atoms with E-state index in [0.29, 0.717) is 16.3 Å². The average Bonchev–Trinajstić information content (AvgIpc) is 3.33. The SMILES string of the molecule is OC1(c2cc(Cl)ccc2-c2cc3ccccc3o2)c2ccccc2-c2c(Br)cccc21. The molecule has 1 aliphatic carbocycles. The predicted octanol–water partition coefficient (Wildman–Crippen LogP) is 7.78. The van der Waals surface area contributed by atoms with Crippen molar-refractivity contribution in [1.29, 1.82) is 0 Å². The zero-order chi connectivity index (χ0) is 21.2. The first kappa shape index (κ1) is 18.9. The van der Waals surface area contributed by atoms with Crippen LogP contribution in [0.2, 0.25) is 5.02 Å². The summed E-state index contributed by atoms with van der Waals surface area (Å²) in [6.07, 6.45) is 0. The highest BCUT2D eigenvalue weighted by Gasteiger charge is 2.45. The summed E-state index contributed by atoms with van der Waals surface area (Å²) < 4.78 is 7.12. The first-order valence-corrected chi connectivity index (χ1v) is 11.1. The second kappa shape index (κ2) is 6.83. The molecular formula is C27H16BrClO2. The number of hydrogen-bond donors (Lipinski definition) is 1. The zero-order valence-electron chi connectivity index (χ0n) is 16.3. The van der Waals surface area contributed by atoms with Crippen LogP contribution in [0.5, 0.6) is 0 Å². The second-order valence-corrected chi connectivity index (χ2v) is 9.05. The van der Waals surface area contributed by atoms with Gasteiger partial charge in [0.25, 0.3) is 0 Å². The summed E-state index contributed by atoms with van der Waals surface area (Å²) in [6.45, 7) is 0. The van der Waals surface area contributed by atoms with Gasteiger partial charge in [-0.1, -0.05) is 82.1 Å². The van der Waals surface area contributed by atoms with Gasteiger partial charge in [0, 0.05) is 42.7 Å². The molecule has 0 amide bonds. The Labute approximate surface area is 192 Å². The third-order valence-corrected chi connectivity index (χ3v) is 6.95. The van der Waals surface area contributed by atoms with Gasteiger partial charge in [-0.15, -0.1) is 0 Å². The number of furan rings is 1. The Hall–Kier alpha value is -2.85. The standard InChI is InChI=1S/C27H16BrClO2/c28-23-10-5-9-21-26(23)19-7-2-3-8-20(19)27(21,30)22-15-17(29)12-13-18(22)25-14-16-6-1-4-11-24(16)31-25/h1-15,30H. The molecule has 4 heteroatoms. The fourth-order valence-corrected chi connectivity index (χ4v) is 5.45. The molecule has 1 N–H and O–H groups in total. The molecule has 0 bridgehead atoms. The monoisotopic (exact) mass is 486 g/mol. The van der Waals surface area contributed by atoms with Crippen molar-refractivity contribution in [3.05, 3.63) is 117 Å². The summed E-state index contributed by atoms with van der Waals surface area (Å²) in [5.74, 6) is 0.696. The second-order valence-electron chi connectivity index (χ2n) is 7.76. The van der Waals surface area contributed by atoms with Crippen molar-refractivity contribution in [1.82, 2.24) is 0 Å². The van der Waals surface area contributed by atoms with E-state index in [1.54, 1.807) is 0 Å². The molecule has 1 unspecified atom stereocenters. The van der Waals surface area contributed by atoms with Gasteiger partial charge in [-0.25, -0.2) is 0 Å². The highest BCUT2D eigenvalue weighted by molar-refractivity contribution is 9.10. The fraction of sp³-hybridized carbons (Fsp3) is 0.0370. The Kier molecular flexibility index (Phi) is 4.16. The van der Waals surface area contributed by atoms with Gasteiger partial charge >= 0.3 is 0 Å². The molecule has 5 aromatic rings. The zero-order valence-corrected chi connectivity index (χ0v) is 18.6. The Morgan fingerprint density at radius 1 is 0.742 bits per heavy atom. The van der Waals surface area contributed by atoms with Crippen LogP contribution in [-0.4, -0.2) is 5.11 Å². The van der Waals surface area contributed by atoms with Crippen molar-refractivity contribution in [2.45, 2.75) is 5.60 Å². The Balaban J connectivity index is 1.69. The summed E-state index contributed by atoms with van der Waals surface area (Å²) in [6, 6.07) is 29.4. The maximum absolute atomic E-state index is 12.4. The topological polar surface area (TPSA) is 33.4 Å². The van der Waals surface area contributed by atoms with Crippen LogP contribution in [0.3, 0.4) is 0 Å². The molecule has 1 aromatic heterocycles. The van der Waals surface area contributed by atoms with Crippen LogP contribution >= 0.6 is 27.5 Å². The highest BCUT2D eigenvalue weighted by atomic mass is 79.9. The van der Waals surface area contributed by atoms with Crippen molar-refractivity contribution in [3.63, 3.8) is 0 Å². The number of benzene rings is 4. The molecule has 1 heterocycles. The van der Waals surface area contributed by atoms with E-state index in [0.717, 1.165) is 43.3 Å². The quantitative estimate of drug-likeness (QED) is 0.276. The molecule has 0 saturated carbocycles. The van der Waals surface area contributed by atoms with Crippen LogP contribution in [0.4, 0.5) is 0 Å².